The SMILES string of the molecule is NCCCSCc1cc(C(=O)O)no1. The molecule has 0 fully saturated rings. The second-order valence-electron chi connectivity index (χ2n) is 2.68. The van der Waals surface area contributed by atoms with Gasteiger partial charge in [0, 0.05) is 6.07 Å². The van der Waals surface area contributed by atoms with Crippen molar-refractivity contribution in [1.82, 2.24) is 5.16 Å². The van der Waals surface area contributed by atoms with Crippen LogP contribution < -0.4 is 5.73 Å². The number of carbonyl (C=O) groups is 1. The molecule has 0 spiro atoms. The molecule has 0 radical (unpaired) electrons. The van der Waals surface area contributed by atoms with Gasteiger partial charge in [-0.05, 0) is 18.7 Å². The van der Waals surface area contributed by atoms with Gasteiger partial charge in [-0.1, -0.05) is 5.16 Å². The van der Waals surface area contributed by atoms with Crippen molar-refractivity contribution in [2.24, 2.45) is 5.73 Å². The highest BCUT2D eigenvalue weighted by Crippen LogP contribution is 2.13. The molecule has 0 aliphatic rings. The van der Waals surface area contributed by atoms with E-state index in [0.717, 1.165) is 12.2 Å². The fourth-order valence-electron chi connectivity index (χ4n) is 0.840. The van der Waals surface area contributed by atoms with E-state index in [1.807, 2.05) is 0 Å². The molecule has 0 aromatic carbocycles. The molecule has 78 valence electrons. The fraction of sp³-hybridized carbons (Fsp3) is 0.500. The number of hydrogen-bond acceptors (Lipinski definition) is 5. The molecule has 1 aromatic rings. The number of aromatic nitrogens is 1. The molecule has 0 bridgehead atoms. The maximum Gasteiger partial charge on any atom is 0.358 e. The van der Waals surface area contributed by atoms with Gasteiger partial charge in [0.2, 0.25) is 0 Å². The van der Waals surface area contributed by atoms with Gasteiger partial charge in [0.1, 0.15) is 5.76 Å². The Bertz CT molecular complexity index is 301. The van der Waals surface area contributed by atoms with E-state index in [4.69, 9.17) is 15.4 Å². The molecule has 0 aliphatic carbocycles. The lowest BCUT2D eigenvalue weighted by Crippen LogP contribution is -1.99. The molecule has 6 heteroatoms. The molecular weight excluding hydrogens is 204 g/mol. The van der Waals surface area contributed by atoms with Crippen molar-refractivity contribution in [2.45, 2.75) is 12.2 Å². The molecule has 0 amide bonds. The van der Waals surface area contributed by atoms with Gasteiger partial charge >= 0.3 is 5.97 Å². The predicted molar refractivity (Wildman–Crippen MR) is 53.3 cm³/mol. The minimum atomic E-state index is -1.06. The van der Waals surface area contributed by atoms with Gasteiger partial charge in [0.25, 0.3) is 0 Å². The molecule has 0 aliphatic heterocycles. The van der Waals surface area contributed by atoms with E-state index in [1.165, 1.54) is 6.07 Å². The highest BCUT2D eigenvalue weighted by atomic mass is 32.2. The van der Waals surface area contributed by atoms with Crippen LogP contribution in [-0.4, -0.2) is 28.5 Å². The average Bonchev–Trinajstić information content (AvgIpc) is 2.61. The Hall–Kier alpha value is -1.01. The summed E-state index contributed by atoms with van der Waals surface area (Å²) in [5.41, 5.74) is 5.28. The molecule has 0 unspecified atom stereocenters. The van der Waals surface area contributed by atoms with Crippen LogP contribution in [0.3, 0.4) is 0 Å². The van der Waals surface area contributed by atoms with Gasteiger partial charge in [-0.3, -0.25) is 0 Å². The minimum absolute atomic E-state index is 0.0422. The number of nitrogens with two attached hydrogens (primary N) is 1. The standard InChI is InChI=1S/C8H12N2O3S/c9-2-1-3-14-5-6-4-7(8(11)12)10-13-6/h4H,1-3,5,9H2,(H,11,12). The molecule has 1 heterocycles. The zero-order valence-electron chi connectivity index (χ0n) is 7.60. The Labute approximate surface area is 85.6 Å². The van der Waals surface area contributed by atoms with E-state index in [1.54, 1.807) is 11.8 Å². The summed E-state index contributed by atoms with van der Waals surface area (Å²) >= 11 is 1.65. The smallest absolute Gasteiger partial charge is 0.358 e. The average molecular weight is 216 g/mol. The normalized spacial score (nSPS) is 10.4. The fourth-order valence-corrected chi connectivity index (χ4v) is 1.69. The highest BCUT2D eigenvalue weighted by Gasteiger charge is 2.09. The zero-order valence-corrected chi connectivity index (χ0v) is 8.42. The maximum atomic E-state index is 10.4. The van der Waals surface area contributed by atoms with E-state index >= 15 is 0 Å². The number of thioether (sulfide) groups is 1. The van der Waals surface area contributed by atoms with Crippen molar-refractivity contribution in [3.8, 4) is 0 Å². The van der Waals surface area contributed by atoms with Crippen molar-refractivity contribution in [1.29, 1.82) is 0 Å². The lowest BCUT2D eigenvalue weighted by Gasteiger charge is -1.94. The van der Waals surface area contributed by atoms with E-state index in [-0.39, 0.29) is 5.69 Å². The van der Waals surface area contributed by atoms with E-state index < -0.39 is 5.97 Å². The van der Waals surface area contributed by atoms with Crippen molar-refractivity contribution in [3.05, 3.63) is 17.5 Å². The first-order valence-electron chi connectivity index (χ1n) is 4.20. The third kappa shape index (κ3) is 3.39. The summed E-state index contributed by atoms with van der Waals surface area (Å²) in [5.74, 6) is 1.11. The van der Waals surface area contributed by atoms with E-state index in [2.05, 4.69) is 5.16 Å². The predicted octanol–water partition coefficient (Wildman–Crippen LogP) is 0.955. The Morgan fingerprint density at radius 1 is 1.71 bits per heavy atom. The third-order valence-corrected chi connectivity index (χ3v) is 2.58. The monoisotopic (exact) mass is 216 g/mol. The van der Waals surface area contributed by atoms with Crippen LogP contribution in [0, 0.1) is 0 Å². The second kappa shape index (κ2) is 5.66. The number of carboxylic acids is 1. The molecule has 0 saturated heterocycles. The van der Waals surface area contributed by atoms with Crippen molar-refractivity contribution >= 4 is 17.7 Å². The quantitative estimate of drug-likeness (QED) is 0.688. The van der Waals surface area contributed by atoms with Gasteiger partial charge < -0.3 is 15.4 Å². The molecule has 3 N–H and O–H groups in total. The molecular formula is C8H12N2O3S. The summed E-state index contributed by atoms with van der Waals surface area (Å²) in [6.45, 7) is 0.670. The topological polar surface area (TPSA) is 89.4 Å². The first-order valence-corrected chi connectivity index (χ1v) is 5.36. The first-order chi connectivity index (χ1) is 6.74. The summed E-state index contributed by atoms with van der Waals surface area (Å²) in [4.78, 5) is 10.4. The van der Waals surface area contributed by atoms with E-state index in [0.29, 0.717) is 18.1 Å². The second-order valence-corrected chi connectivity index (χ2v) is 3.78. The summed E-state index contributed by atoms with van der Waals surface area (Å²) in [7, 11) is 0. The van der Waals surface area contributed by atoms with Crippen molar-refractivity contribution in [3.63, 3.8) is 0 Å². The van der Waals surface area contributed by atoms with Crippen LogP contribution in [0.1, 0.15) is 22.7 Å². The summed E-state index contributed by atoms with van der Waals surface area (Å²) < 4.78 is 4.82. The Balaban J connectivity index is 2.33. The van der Waals surface area contributed by atoms with Crippen LogP contribution in [0.5, 0.6) is 0 Å². The minimum Gasteiger partial charge on any atom is -0.476 e. The maximum absolute atomic E-state index is 10.4. The number of aromatic carboxylic acids is 1. The molecule has 0 atom stereocenters. The van der Waals surface area contributed by atoms with Crippen molar-refractivity contribution in [2.75, 3.05) is 12.3 Å². The molecule has 0 saturated carbocycles. The Kier molecular flexibility index (Phi) is 4.48. The van der Waals surface area contributed by atoms with Crippen LogP contribution in [-0.2, 0) is 5.75 Å². The Morgan fingerprint density at radius 3 is 3.07 bits per heavy atom. The number of nitrogens with zero attached hydrogens (tertiary/aromatic N) is 1. The lowest BCUT2D eigenvalue weighted by molar-refractivity contribution is 0.0685. The third-order valence-electron chi connectivity index (χ3n) is 1.52. The largest absolute Gasteiger partial charge is 0.476 e. The molecule has 14 heavy (non-hydrogen) atoms. The first kappa shape index (κ1) is 11.1. The summed E-state index contributed by atoms with van der Waals surface area (Å²) in [6.07, 6.45) is 0.949. The van der Waals surface area contributed by atoms with Crippen molar-refractivity contribution < 1.29 is 14.4 Å². The van der Waals surface area contributed by atoms with Crippen LogP contribution >= 0.6 is 11.8 Å². The highest BCUT2D eigenvalue weighted by molar-refractivity contribution is 7.98. The van der Waals surface area contributed by atoms with Crippen LogP contribution in [0.2, 0.25) is 0 Å². The molecule has 5 nitrogen and oxygen atoms in total. The number of rotatable bonds is 6. The van der Waals surface area contributed by atoms with Gasteiger partial charge in [0.15, 0.2) is 5.69 Å². The van der Waals surface area contributed by atoms with Gasteiger partial charge in [-0.2, -0.15) is 11.8 Å². The van der Waals surface area contributed by atoms with Gasteiger partial charge in [-0.25, -0.2) is 4.79 Å². The van der Waals surface area contributed by atoms with Gasteiger partial charge in [0.05, 0.1) is 5.75 Å². The van der Waals surface area contributed by atoms with Gasteiger partial charge in [-0.15, -0.1) is 0 Å². The molecule has 1 rings (SSSR count). The van der Waals surface area contributed by atoms with Crippen LogP contribution in [0.4, 0.5) is 0 Å². The van der Waals surface area contributed by atoms with Crippen LogP contribution in [0.15, 0.2) is 10.6 Å². The van der Waals surface area contributed by atoms with E-state index in [9.17, 15) is 4.79 Å². The number of hydrogen-bond donors (Lipinski definition) is 2. The number of carboxylic acid groups (broad SMARTS) is 1. The summed E-state index contributed by atoms with van der Waals surface area (Å²) in [5, 5.41) is 12.0. The summed E-state index contributed by atoms with van der Waals surface area (Å²) in [6, 6.07) is 1.44. The Morgan fingerprint density at radius 2 is 2.50 bits per heavy atom. The van der Waals surface area contributed by atoms with Crippen LogP contribution in [0.25, 0.3) is 0 Å². The molecule has 1 aromatic heterocycles. The zero-order chi connectivity index (χ0) is 10.4. The lowest BCUT2D eigenvalue weighted by atomic mass is 10.4.